The van der Waals surface area contributed by atoms with Gasteiger partial charge in [-0.15, -0.1) is 0 Å². The smallest absolute Gasteiger partial charge is 0.212 e. The molecule has 0 radical (unpaired) electrons. The van der Waals surface area contributed by atoms with Crippen LogP contribution in [0.4, 0.5) is 0 Å². The number of aliphatic hydroxyl groups is 2. The molecule has 1 fully saturated rings. The third-order valence-corrected chi connectivity index (χ3v) is 5.73. The maximum atomic E-state index is 10.4. The lowest BCUT2D eigenvalue weighted by molar-refractivity contribution is -0.108. The summed E-state index contributed by atoms with van der Waals surface area (Å²) in [5.74, 6) is 6.22. The fourth-order valence-electron chi connectivity index (χ4n) is 3.84. The molecule has 1 unspecified atom stereocenters. The van der Waals surface area contributed by atoms with Crippen molar-refractivity contribution in [2.45, 2.75) is 38.6 Å². The summed E-state index contributed by atoms with van der Waals surface area (Å²) in [6.45, 7) is 4.82. The number of benzene rings is 2. The number of carbonyl (C=O) groups is 1. The highest BCUT2D eigenvalue weighted by Gasteiger charge is 2.14. The maximum absolute atomic E-state index is 10.4. The molecule has 1 aliphatic heterocycles. The molecule has 0 aromatic heterocycles. The van der Waals surface area contributed by atoms with Crippen LogP contribution in [0.3, 0.4) is 0 Å². The van der Waals surface area contributed by atoms with E-state index in [2.05, 4.69) is 57.0 Å². The van der Waals surface area contributed by atoms with Gasteiger partial charge in [0.2, 0.25) is 6.41 Å². The number of amides is 1. The highest BCUT2D eigenvalue weighted by Crippen LogP contribution is 2.25. The summed E-state index contributed by atoms with van der Waals surface area (Å²) in [5, 5.41) is 22.0. The second-order valence-electron chi connectivity index (χ2n) is 8.21. The van der Waals surface area contributed by atoms with Crippen molar-refractivity contribution in [3.63, 3.8) is 0 Å². The van der Waals surface area contributed by atoms with E-state index in [1.807, 2.05) is 24.3 Å². The average Bonchev–Trinajstić information content (AvgIpc) is 3.40. The lowest BCUT2D eigenvalue weighted by atomic mass is 9.94. The van der Waals surface area contributed by atoms with Crippen LogP contribution in [-0.4, -0.2) is 54.6 Å². The number of hydrogen-bond donors (Lipinski definition) is 4. The standard InChI is InChI=1S/C27H31N3O3.CH5N/c1-21(33)27(29-19-28-20-32)16-26(18-31)25-12-10-23(11-13-25)5-4-22-6-8-24(9-7-22)17-30-14-2-3-15-30;1-2/h6-13,19-20,26,31,33H,2-3,14-18H2,1H3,(H,28,29,32);2H2,1H3/b27-21+;. The first-order valence-corrected chi connectivity index (χ1v) is 11.8. The summed E-state index contributed by atoms with van der Waals surface area (Å²) in [7, 11) is 1.50. The molecule has 186 valence electrons. The highest BCUT2D eigenvalue weighted by molar-refractivity contribution is 5.72. The van der Waals surface area contributed by atoms with Crippen LogP contribution in [0.25, 0.3) is 0 Å². The number of likely N-dealkylation sites (tertiary alicyclic amines) is 1. The molecular formula is C28H36N4O3. The van der Waals surface area contributed by atoms with Gasteiger partial charge in [0.1, 0.15) is 5.76 Å². The Hall–Kier alpha value is -3.44. The van der Waals surface area contributed by atoms with Crippen LogP contribution < -0.4 is 11.1 Å². The lowest BCUT2D eigenvalue weighted by Crippen LogP contribution is -2.18. The summed E-state index contributed by atoms with van der Waals surface area (Å²) in [4.78, 5) is 16.9. The summed E-state index contributed by atoms with van der Waals surface area (Å²) < 4.78 is 0. The van der Waals surface area contributed by atoms with Gasteiger partial charge in [-0.1, -0.05) is 36.1 Å². The van der Waals surface area contributed by atoms with Crippen LogP contribution in [0.1, 0.15) is 54.4 Å². The van der Waals surface area contributed by atoms with E-state index >= 15 is 0 Å². The van der Waals surface area contributed by atoms with Crippen LogP contribution in [0.5, 0.6) is 0 Å². The molecule has 0 saturated carbocycles. The third kappa shape index (κ3) is 9.38. The minimum Gasteiger partial charge on any atom is -0.511 e. The largest absolute Gasteiger partial charge is 0.511 e. The van der Waals surface area contributed by atoms with E-state index in [9.17, 15) is 15.0 Å². The number of nitrogens with zero attached hydrogens (tertiary/aromatic N) is 2. The first kappa shape index (κ1) is 27.8. The Balaban J connectivity index is 0.00000210. The van der Waals surface area contributed by atoms with Crippen molar-refractivity contribution in [1.29, 1.82) is 0 Å². The van der Waals surface area contributed by atoms with Gasteiger partial charge in [-0.05, 0) is 75.3 Å². The molecule has 2 aromatic rings. The van der Waals surface area contributed by atoms with E-state index < -0.39 is 0 Å². The Morgan fingerprint density at radius 3 is 2.17 bits per heavy atom. The van der Waals surface area contributed by atoms with Crippen LogP contribution in [0.15, 0.2) is 65.0 Å². The van der Waals surface area contributed by atoms with Crippen molar-refractivity contribution in [1.82, 2.24) is 10.2 Å². The topological polar surface area (TPSA) is 111 Å². The monoisotopic (exact) mass is 476 g/mol. The fourth-order valence-corrected chi connectivity index (χ4v) is 3.84. The average molecular weight is 477 g/mol. The Bertz CT molecular complexity index is 1020. The van der Waals surface area contributed by atoms with Crippen LogP contribution in [0.2, 0.25) is 0 Å². The van der Waals surface area contributed by atoms with Crippen LogP contribution in [-0.2, 0) is 11.3 Å². The zero-order chi connectivity index (χ0) is 25.5. The second kappa shape index (κ2) is 15.5. The van der Waals surface area contributed by atoms with Gasteiger partial charge in [0, 0.05) is 30.0 Å². The second-order valence-corrected chi connectivity index (χ2v) is 8.21. The molecule has 7 heteroatoms. The number of rotatable bonds is 9. The highest BCUT2D eigenvalue weighted by atomic mass is 16.3. The summed E-state index contributed by atoms with van der Waals surface area (Å²) in [6, 6.07) is 16.2. The number of aliphatic imine (C=N–C) groups is 1. The molecule has 1 atom stereocenters. The van der Waals surface area contributed by atoms with Gasteiger partial charge >= 0.3 is 0 Å². The molecule has 1 aliphatic rings. The maximum Gasteiger partial charge on any atom is 0.212 e. The van der Waals surface area contributed by atoms with Crippen molar-refractivity contribution in [3.05, 3.63) is 82.2 Å². The van der Waals surface area contributed by atoms with Gasteiger partial charge in [0.05, 0.1) is 18.6 Å². The van der Waals surface area contributed by atoms with Gasteiger partial charge in [-0.25, -0.2) is 4.99 Å². The summed E-state index contributed by atoms with van der Waals surface area (Å²) >= 11 is 0. The molecule has 35 heavy (non-hydrogen) atoms. The molecule has 2 aromatic carbocycles. The molecule has 1 heterocycles. The molecule has 1 amide bonds. The molecular weight excluding hydrogens is 440 g/mol. The molecule has 0 spiro atoms. The predicted octanol–water partition coefficient (Wildman–Crippen LogP) is 3.29. The van der Waals surface area contributed by atoms with Crippen molar-refractivity contribution in [3.8, 4) is 11.8 Å². The minimum absolute atomic E-state index is 0.0475. The number of nitrogens with one attached hydrogen (secondary N) is 1. The SMILES string of the molecule is C/C(O)=C(/CC(CO)c1ccc(C#Cc2ccc(CN3CCCC3)cc2)cc1)N=CNC=O.CN. The first-order chi connectivity index (χ1) is 17.1. The van der Waals surface area contributed by atoms with Crippen LogP contribution >= 0.6 is 0 Å². The number of aliphatic hydroxyl groups excluding tert-OH is 2. The van der Waals surface area contributed by atoms with Crippen molar-refractivity contribution in [2.75, 3.05) is 26.7 Å². The van der Waals surface area contributed by atoms with Crippen molar-refractivity contribution in [2.24, 2.45) is 10.7 Å². The Morgan fingerprint density at radius 2 is 1.66 bits per heavy atom. The fraction of sp³-hybridized carbons (Fsp3) is 0.357. The van der Waals surface area contributed by atoms with E-state index in [0.29, 0.717) is 18.5 Å². The summed E-state index contributed by atoms with van der Waals surface area (Å²) in [6.07, 6.45) is 4.65. The first-order valence-electron chi connectivity index (χ1n) is 11.8. The van der Waals surface area contributed by atoms with Gasteiger partial charge < -0.3 is 21.3 Å². The minimum atomic E-state index is -0.236. The van der Waals surface area contributed by atoms with E-state index in [0.717, 1.165) is 23.2 Å². The molecule has 7 nitrogen and oxygen atoms in total. The Morgan fingerprint density at radius 1 is 1.09 bits per heavy atom. The molecule has 1 saturated heterocycles. The molecule has 0 bridgehead atoms. The third-order valence-electron chi connectivity index (χ3n) is 5.73. The lowest BCUT2D eigenvalue weighted by Gasteiger charge is -2.15. The Labute approximate surface area is 208 Å². The number of hydrogen-bond acceptors (Lipinski definition) is 6. The van der Waals surface area contributed by atoms with Crippen LogP contribution in [0, 0.1) is 11.8 Å². The molecule has 5 N–H and O–H groups in total. The molecule has 0 aliphatic carbocycles. The number of allylic oxidation sites excluding steroid dienone is 2. The predicted molar refractivity (Wildman–Crippen MR) is 141 cm³/mol. The number of nitrogens with two attached hydrogens (primary N) is 1. The van der Waals surface area contributed by atoms with E-state index in [1.165, 1.54) is 51.8 Å². The quantitative estimate of drug-likeness (QED) is 0.146. The van der Waals surface area contributed by atoms with E-state index in [-0.39, 0.29) is 18.3 Å². The zero-order valence-corrected chi connectivity index (χ0v) is 20.6. The van der Waals surface area contributed by atoms with E-state index in [4.69, 9.17) is 0 Å². The van der Waals surface area contributed by atoms with E-state index in [1.54, 1.807) is 0 Å². The Kier molecular flexibility index (Phi) is 12.3. The van der Waals surface area contributed by atoms with Gasteiger partial charge in [0.15, 0.2) is 0 Å². The van der Waals surface area contributed by atoms with Gasteiger partial charge in [-0.3, -0.25) is 9.69 Å². The molecule has 3 rings (SSSR count). The zero-order valence-electron chi connectivity index (χ0n) is 20.6. The summed E-state index contributed by atoms with van der Waals surface area (Å²) in [5.41, 5.74) is 9.01. The number of carbonyl (C=O) groups excluding carboxylic acids is 1. The van der Waals surface area contributed by atoms with Gasteiger partial charge in [-0.2, -0.15) is 0 Å². The van der Waals surface area contributed by atoms with Crippen molar-refractivity contribution >= 4 is 12.7 Å². The van der Waals surface area contributed by atoms with Gasteiger partial charge in [0.25, 0.3) is 0 Å². The normalized spacial score (nSPS) is 14.9. The van der Waals surface area contributed by atoms with Crippen molar-refractivity contribution < 1.29 is 15.0 Å².